The number of amides is 4. The van der Waals surface area contributed by atoms with E-state index in [0.29, 0.717) is 32.1 Å². The van der Waals surface area contributed by atoms with Crippen LogP contribution in [0.5, 0.6) is 0 Å². The molecule has 1 aliphatic carbocycles. The fraction of sp³-hybridized carbons (Fsp3) is 0.640. The summed E-state index contributed by atoms with van der Waals surface area (Å²) in [5.74, 6) is 0.0611. The predicted molar refractivity (Wildman–Crippen MR) is 123 cm³/mol. The van der Waals surface area contributed by atoms with Gasteiger partial charge >= 0.3 is 6.03 Å². The Morgan fingerprint density at radius 1 is 0.812 bits per heavy atom. The third-order valence-electron chi connectivity index (χ3n) is 7.10. The Balaban J connectivity index is 1.34. The fourth-order valence-electron chi connectivity index (χ4n) is 5.27. The third kappa shape index (κ3) is 5.61. The van der Waals surface area contributed by atoms with Crippen LogP contribution in [0.1, 0.15) is 75.8 Å². The van der Waals surface area contributed by atoms with Gasteiger partial charge in [-0.05, 0) is 44.1 Å². The monoisotopic (exact) mass is 440 g/mol. The Hall–Kier alpha value is -2.57. The van der Waals surface area contributed by atoms with E-state index in [1.54, 1.807) is 4.90 Å². The molecule has 4 amide bonds. The van der Waals surface area contributed by atoms with Crippen molar-refractivity contribution in [2.24, 2.45) is 0 Å². The molecule has 4 rings (SSSR count). The molecule has 2 aliphatic heterocycles. The largest absolute Gasteiger partial charge is 0.340 e. The van der Waals surface area contributed by atoms with E-state index in [1.807, 2.05) is 35.2 Å². The van der Waals surface area contributed by atoms with E-state index >= 15 is 0 Å². The minimum Gasteiger partial charge on any atom is -0.340 e. The molecule has 1 atom stereocenters. The van der Waals surface area contributed by atoms with Crippen molar-refractivity contribution in [1.29, 1.82) is 0 Å². The van der Waals surface area contributed by atoms with Gasteiger partial charge in [0.05, 0.1) is 0 Å². The molecule has 0 aromatic heterocycles. The number of piperidine rings is 2. The van der Waals surface area contributed by atoms with Gasteiger partial charge in [-0.15, -0.1) is 0 Å². The SMILES string of the molecule is O=C(NC1CCCCC1)NC1CCN(C(=O)C(c2ccccc2)N2CCCCC2=O)CC1. The topological polar surface area (TPSA) is 81.8 Å². The highest BCUT2D eigenvalue weighted by atomic mass is 16.2. The number of rotatable bonds is 5. The predicted octanol–water partition coefficient (Wildman–Crippen LogP) is 3.36. The van der Waals surface area contributed by atoms with Crippen molar-refractivity contribution in [3.8, 4) is 0 Å². The summed E-state index contributed by atoms with van der Waals surface area (Å²) in [7, 11) is 0. The van der Waals surface area contributed by atoms with Gasteiger partial charge in [-0.2, -0.15) is 0 Å². The number of carbonyl (C=O) groups excluding carboxylic acids is 3. The first-order valence-electron chi connectivity index (χ1n) is 12.3. The van der Waals surface area contributed by atoms with E-state index in [2.05, 4.69) is 10.6 Å². The maximum atomic E-state index is 13.6. The van der Waals surface area contributed by atoms with Crippen molar-refractivity contribution in [2.45, 2.75) is 82.3 Å². The molecule has 2 N–H and O–H groups in total. The smallest absolute Gasteiger partial charge is 0.315 e. The van der Waals surface area contributed by atoms with Crippen LogP contribution in [0, 0.1) is 0 Å². The minimum absolute atomic E-state index is 0.00319. The summed E-state index contributed by atoms with van der Waals surface area (Å²) in [6.45, 7) is 1.82. The van der Waals surface area contributed by atoms with Crippen molar-refractivity contribution < 1.29 is 14.4 Å². The zero-order valence-electron chi connectivity index (χ0n) is 18.9. The number of hydrogen-bond acceptors (Lipinski definition) is 3. The number of nitrogens with one attached hydrogen (secondary N) is 2. The molecule has 2 saturated heterocycles. The molecule has 0 spiro atoms. The number of hydrogen-bond donors (Lipinski definition) is 2. The highest BCUT2D eigenvalue weighted by Gasteiger charge is 2.36. The highest BCUT2D eigenvalue weighted by molar-refractivity contribution is 5.89. The Labute approximate surface area is 190 Å². The Bertz CT molecular complexity index is 786. The van der Waals surface area contributed by atoms with Crippen molar-refractivity contribution >= 4 is 17.8 Å². The fourth-order valence-corrected chi connectivity index (χ4v) is 5.27. The number of urea groups is 1. The van der Waals surface area contributed by atoms with Gasteiger partial charge < -0.3 is 20.4 Å². The van der Waals surface area contributed by atoms with E-state index in [4.69, 9.17) is 0 Å². The van der Waals surface area contributed by atoms with Gasteiger partial charge in [0.15, 0.2) is 0 Å². The van der Waals surface area contributed by atoms with E-state index in [-0.39, 0.29) is 23.9 Å². The standard InChI is InChI=1S/C25H36N4O3/c30-22-13-7-8-16-29(22)23(19-9-3-1-4-10-19)24(31)28-17-14-21(15-18-28)27-25(32)26-20-11-5-2-6-12-20/h1,3-4,9-10,20-21,23H,2,5-8,11-18H2,(H2,26,27,32). The van der Waals surface area contributed by atoms with Crippen LogP contribution in [0.4, 0.5) is 4.79 Å². The summed E-state index contributed by atoms with van der Waals surface area (Å²) in [5.41, 5.74) is 0.875. The lowest BCUT2D eigenvalue weighted by atomic mass is 9.95. The molecular formula is C25H36N4O3. The van der Waals surface area contributed by atoms with Gasteiger partial charge in [0.25, 0.3) is 0 Å². The molecule has 1 aromatic rings. The molecule has 1 unspecified atom stereocenters. The summed E-state index contributed by atoms with van der Waals surface area (Å²) in [5, 5.41) is 6.22. The molecular weight excluding hydrogens is 404 g/mol. The Kier molecular flexibility index (Phi) is 7.66. The van der Waals surface area contributed by atoms with E-state index in [1.165, 1.54) is 19.3 Å². The quantitative estimate of drug-likeness (QED) is 0.737. The summed E-state index contributed by atoms with van der Waals surface area (Å²) >= 11 is 0. The number of benzene rings is 1. The van der Waals surface area contributed by atoms with E-state index in [0.717, 1.165) is 44.1 Å². The molecule has 174 valence electrons. The number of likely N-dealkylation sites (tertiary alicyclic amines) is 2. The second kappa shape index (κ2) is 10.8. The van der Waals surface area contributed by atoms with Crippen LogP contribution in [0.15, 0.2) is 30.3 Å². The van der Waals surface area contributed by atoms with Gasteiger partial charge in [0, 0.05) is 38.1 Å². The lowest BCUT2D eigenvalue weighted by Gasteiger charge is -2.39. The van der Waals surface area contributed by atoms with Crippen LogP contribution >= 0.6 is 0 Å². The van der Waals surface area contributed by atoms with E-state index in [9.17, 15) is 14.4 Å². The lowest BCUT2D eigenvalue weighted by molar-refractivity contribution is -0.148. The first kappa shape index (κ1) is 22.6. The molecule has 0 bridgehead atoms. The molecule has 1 saturated carbocycles. The van der Waals surface area contributed by atoms with Gasteiger partial charge in [0.2, 0.25) is 11.8 Å². The second-order valence-electron chi connectivity index (χ2n) is 9.41. The summed E-state index contributed by atoms with van der Waals surface area (Å²) in [4.78, 5) is 42.2. The molecule has 2 heterocycles. The Morgan fingerprint density at radius 2 is 1.47 bits per heavy atom. The average Bonchev–Trinajstić information content (AvgIpc) is 2.82. The molecule has 3 aliphatic rings. The van der Waals surface area contributed by atoms with Crippen LogP contribution in [0.25, 0.3) is 0 Å². The normalized spacial score (nSPS) is 21.8. The zero-order chi connectivity index (χ0) is 22.3. The summed E-state index contributed by atoms with van der Waals surface area (Å²) in [6, 6.07) is 9.39. The molecule has 0 radical (unpaired) electrons. The van der Waals surface area contributed by atoms with Gasteiger partial charge in [-0.3, -0.25) is 9.59 Å². The van der Waals surface area contributed by atoms with Crippen LogP contribution in [-0.4, -0.2) is 59.4 Å². The van der Waals surface area contributed by atoms with Crippen LogP contribution in [-0.2, 0) is 9.59 Å². The summed E-state index contributed by atoms with van der Waals surface area (Å²) < 4.78 is 0. The maximum absolute atomic E-state index is 13.6. The summed E-state index contributed by atoms with van der Waals surface area (Å²) in [6.07, 6.45) is 9.58. The highest BCUT2D eigenvalue weighted by Crippen LogP contribution is 2.28. The molecule has 7 nitrogen and oxygen atoms in total. The van der Waals surface area contributed by atoms with E-state index < -0.39 is 6.04 Å². The van der Waals surface area contributed by atoms with Gasteiger partial charge in [-0.1, -0.05) is 49.6 Å². The van der Waals surface area contributed by atoms with Crippen molar-refractivity contribution in [3.05, 3.63) is 35.9 Å². The zero-order valence-corrected chi connectivity index (χ0v) is 18.9. The minimum atomic E-state index is -0.553. The van der Waals surface area contributed by atoms with Crippen molar-refractivity contribution in [1.82, 2.24) is 20.4 Å². The third-order valence-corrected chi connectivity index (χ3v) is 7.10. The first-order chi connectivity index (χ1) is 15.6. The molecule has 1 aromatic carbocycles. The molecule has 3 fully saturated rings. The average molecular weight is 441 g/mol. The first-order valence-corrected chi connectivity index (χ1v) is 12.3. The Morgan fingerprint density at radius 3 is 2.12 bits per heavy atom. The molecule has 7 heteroatoms. The van der Waals surface area contributed by atoms with Gasteiger partial charge in [-0.25, -0.2) is 4.79 Å². The van der Waals surface area contributed by atoms with Crippen molar-refractivity contribution in [2.75, 3.05) is 19.6 Å². The van der Waals surface area contributed by atoms with Crippen molar-refractivity contribution in [3.63, 3.8) is 0 Å². The number of carbonyl (C=O) groups is 3. The molecule has 32 heavy (non-hydrogen) atoms. The maximum Gasteiger partial charge on any atom is 0.315 e. The second-order valence-corrected chi connectivity index (χ2v) is 9.41. The van der Waals surface area contributed by atoms with Crippen LogP contribution in [0.2, 0.25) is 0 Å². The van der Waals surface area contributed by atoms with Gasteiger partial charge in [0.1, 0.15) is 6.04 Å². The number of nitrogens with zero attached hydrogens (tertiary/aromatic N) is 2. The van der Waals surface area contributed by atoms with Crippen LogP contribution < -0.4 is 10.6 Å². The van der Waals surface area contributed by atoms with Crippen LogP contribution in [0.3, 0.4) is 0 Å². The lowest BCUT2D eigenvalue weighted by Crippen LogP contribution is -2.53.